The number of nitriles is 1. The van der Waals surface area contributed by atoms with Gasteiger partial charge in [0.15, 0.2) is 0 Å². The molecule has 4 rings (SSSR count). The summed E-state index contributed by atoms with van der Waals surface area (Å²) in [6, 6.07) is 8.91. The van der Waals surface area contributed by atoms with E-state index in [0.29, 0.717) is 17.0 Å². The maximum atomic E-state index is 14.4. The number of aromatic nitrogens is 1. The highest BCUT2D eigenvalue weighted by Gasteiger charge is 2.37. The average Bonchev–Trinajstić information content (AvgIpc) is 3.35. The molecule has 0 unspecified atom stereocenters. The summed E-state index contributed by atoms with van der Waals surface area (Å²) in [5.41, 5.74) is -5.21. The fourth-order valence-corrected chi connectivity index (χ4v) is 5.26. The molecule has 2 heterocycles. The van der Waals surface area contributed by atoms with Gasteiger partial charge in [0.1, 0.15) is 23.3 Å². The van der Waals surface area contributed by atoms with Crippen LogP contribution >= 0.6 is 23.1 Å². The number of hydrogen-bond donors (Lipinski definition) is 0. The van der Waals surface area contributed by atoms with Gasteiger partial charge in [0, 0.05) is 16.5 Å². The summed E-state index contributed by atoms with van der Waals surface area (Å²) in [6.45, 7) is -0.638. The Kier molecular flexibility index (Phi) is 7.64. The number of benzene rings is 2. The fraction of sp³-hybridized carbons (Fsp3) is 0.154. The number of pyridine rings is 1. The van der Waals surface area contributed by atoms with E-state index >= 15 is 0 Å². The molecular weight excluding hydrogens is 572 g/mol. The van der Waals surface area contributed by atoms with Gasteiger partial charge in [-0.3, -0.25) is 4.79 Å². The first-order valence-corrected chi connectivity index (χ1v) is 12.9. The molecule has 0 aliphatic rings. The largest absolute Gasteiger partial charge is 0.417 e. The summed E-state index contributed by atoms with van der Waals surface area (Å²) in [5, 5.41) is 10.7. The normalized spacial score (nSPS) is 12.0. The summed E-state index contributed by atoms with van der Waals surface area (Å²) in [4.78, 5) is 13.4. The minimum Gasteiger partial charge on any atom is -0.302 e. The number of alkyl halides is 6. The second-order valence-electron chi connectivity index (χ2n) is 8.20. The van der Waals surface area contributed by atoms with Gasteiger partial charge in [-0.05, 0) is 59.2 Å². The van der Waals surface area contributed by atoms with Gasteiger partial charge in [-0.15, -0.1) is 23.1 Å². The summed E-state index contributed by atoms with van der Waals surface area (Å²) >= 11 is 1.91. The molecule has 0 fully saturated rings. The molecule has 4 aromatic rings. The quantitative estimate of drug-likeness (QED) is 0.175. The van der Waals surface area contributed by atoms with Gasteiger partial charge in [-0.1, -0.05) is 6.07 Å². The molecule has 0 aliphatic carbocycles. The van der Waals surface area contributed by atoms with Crippen molar-refractivity contribution in [2.75, 3.05) is 6.26 Å². The topological polar surface area (TPSA) is 45.8 Å². The Labute approximate surface area is 223 Å². The molecule has 0 atom stereocenters. The van der Waals surface area contributed by atoms with E-state index in [-0.39, 0.29) is 27.3 Å². The Hall–Kier alpha value is -3.63. The van der Waals surface area contributed by atoms with Gasteiger partial charge in [0.05, 0.1) is 28.2 Å². The Morgan fingerprint density at radius 2 is 1.67 bits per heavy atom. The lowest BCUT2D eigenvalue weighted by atomic mass is 10.0. The van der Waals surface area contributed by atoms with Gasteiger partial charge < -0.3 is 4.57 Å². The van der Waals surface area contributed by atoms with E-state index in [2.05, 4.69) is 0 Å². The molecule has 39 heavy (non-hydrogen) atoms. The highest BCUT2D eigenvalue weighted by atomic mass is 32.2. The van der Waals surface area contributed by atoms with Crippen LogP contribution in [0.2, 0.25) is 0 Å². The Bertz CT molecular complexity index is 1660. The molecule has 0 N–H and O–H groups in total. The zero-order valence-corrected chi connectivity index (χ0v) is 21.2. The first-order valence-electron chi connectivity index (χ1n) is 10.8. The zero-order chi connectivity index (χ0) is 28.7. The lowest BCUT2D eigenvalue weighted by Gasteiger charge is -2.17. The summed E-state index contributed by atoms with van der Waals surface area (Å²) in [7, 11) is 0. The predicted octanol–water partition coefficient (Wildman–Crippen LogP) is 8.20. The smallest absolute Gasteiger partial charge is 0.302 e. The van der Waals surface area contributed by atoms with Crippen molar-refractivity contribution in [3.8, 4) is 27.8 Å². The fourth-order valence-electron chi connectivity index (χ4n) is 3.83. The predicted molar refractivity (Wildman–Crippen MR) is 131 cm³/mol. The maximum absolute atomic E-state index is 14.4. The van der Waals surface area contributed by atoms with Crippen molar-refractivity contribution in [3.05, 3.63) is 98.2 Å². The highest BCUT2D eigenvalue weighted by Crippen LogP contribution is 2.40. The molecule has 0 amide bonds. The summed E-state index contributed by atoms with van der Waals surface area (Å²) < 4.78 is 110. The Morgan fingerprint density at radius 1 is 0.949 bits per heavy atom. The van der Waals surface area contributed by atoms with E-state index in [1.165, 1.54) is 23.6 Å². The van der Waals surface area contributed by atoms with Gasteiger partial charge in [0.2, 0.25) is 0 Å². The van der Waals surface area contributed by atoms with Crippen molar-refractivity contribution in [1.29, 1.82) is 5.26 Å². The van der Waals surface area contributed by atoms with Crippen LogP contribution in [0, 0.1) is 23.0 Å². The number of thioether (sulfide) groups is 1. The monoisotopic (exact) mass is 586 g/mol. The molecule has 0 saturated heterocycles. The highest BCUT2D eigenvalue weighted by molar-refractivity contribution is 7.98. The second-order valence-corrected chi connectivity index (χ2v) is 9.99. The van der Waals surface area contributed by atoms with Crippen LogP contribution in [0.4, 0.5) is 35.1 Å². The molecule has 2 aromatic carbocycles. The number of rotatable bonds is 5. The minimum absolute atomic E-state index is 0.0442. The molecule has 0 aliphatic heterocycles. The van der Waals surface area contributed by atoms with Gasteiger partial charge >= 0.3 is 12.4 Å². The first-order chi connectivity index (χ1) is 18.2. The summed E-state index contributed by atoms with van der Waals surface area (Å²) in [5.74, 6) is -1.98. The van der Waals surface area contributed by atoms with E-state index in [1.807, 2.05) is 0 Å². The SMILES string of the molecule is CSc1cc(-c2csc(-c3cc(C(F)(F)F)c(C#N)c(=O)n3Cc3ccc(F)cc3F)c2)cc(C(F)(F)F)c1. The van der Waals surface area contributed by atoms with Crippen LogP contribution in [0.3, 0.4) is 0 Å². The molecule has 13 heteroatoms. The van der Waals surface area contributed by atoms with Gasteiger partial charge in [-0.2, -0.15) is 31.6 Å². The van der Waals surface area contributed by atoms with Crippen molar-refractivity contribution in [2.45, 2.75) is 23.8 Å². The van der Waals surface area contributed by atoms with Crippen LogP contribution in [-0.4, -0.2) is 10.8 Å². The van der Waals surface area contributed by atoms with Crippen LogP contribution in [0.5, 0.6) is 0 Å². The second kappa shape index (κ2) is 10.5. The number of thiophene rings is 1. The van der Waals surface area contributed by atoms with E-state index in [9.17, 15) is 45.2 Å². The average molecular weight is 587 g/mol. The number of halogens is 8. The lowest BCUT2D eigenvalue weighted by molar-refractivity contribution is -0.138. The molecular formula is C26H14F8N2OS2. The molecule has 3 nitrogen and oxygen atoms in total. The molecule has 0 radical (unpaired) electrons. The molecule has 0 spiro atoms. The van der Waals surface area contributed by atoms with E-state index in [1.54, 1.807) is 6.26 Å². The van der Waals surface area contributed by atoms with Crippen LogP contribution in [-0.2, 0) is 18.9 Å². The molecule has 2 aromatic heterocycles. The van der Waals surface area contributed by atoms with Crippen LogP contribution in [0.15, 0.2) is 63.6 Å². The van der Waals surface area contributed by atoms with Crippen LogP contribution in [0.1, 0.15) is 22.3 Å². The van der Waals surface area contributed by atoms with E-state index < -0.39 is 52.8 Å². The molecule has 202 valence electrons. The molecule has 0 saturated carbocycles. The van der Waals surface area contributed by atoms with Crippen molar-refractivity contribution in [1.82, 2.24) is 4.57 Å². The van der Waals surface area contributed by atoms with Crippen LogP contribution in [0.25, 0.3) is 21.7 Å². The Balaban J connectivity index is 1.94. The maximum Gasteiger partial charge on any atom is 0.417 e. The van der Waals surface area contributed by atoms with Crippen molar-refractivity contribution in [3.63, 3.8) is 0 Å². The van der Waals surface area contributed by atoms with E-state index in [4.69, 9.17) is 0 Å². The van der Waals surface area contributed by atoms with Gasteiger partial charge in [-0.25, -0.2) is 8.78 Å². The zero-order valence-electron chi connectivity index (χ0n) is 19.5. The Morgan fingerprint density at radius 3 is 2.26 bits per heavy atom. The minimum atomic E-state index is -5.09. The number of hydrogen-bond acceptors (Lipinski definition) is 4. The third-order valence-corrected chi connectivity index (χ3v) is 7.38. The summed E-state index contributed by atoms with van der Waals surface area (Å²) in [6.07, 6.45) is -8.15. The lowest BCUT2D eigenvalue weighted by Crippen LogP contribution is -2.28. The third-order valence-electron chi connectivity index (χ3n) is 5.72. The van der Waals surface area contributed by atoms with Crippen molar-refractivity contribution < 1.29 is 35.1 Å². The van der Waals surface area contributed by atoms with Crippen molar-refractivity contribution >= 4 is 23.1 Å². The van der Waals surface area contributed by atoms with Crippen molar-refractivity contribution in [2.24, 2.45) is 0 Å². The molecule has 0 bridgehead atoms. The van der Waals surface area contributed by atoms with E-state index in [0.717, 1.165) is 51.9 Å². The van der Waals surface area contributed by atoms with Crippen LogP contribution < -0.4 is 5.56 Å². The number of nitrogens with zero attached hydrogens (tertiary/aromatic N) is 2. The first kappa shape index (κ1) is 28.4. The third kappa shape index (κ3) is 5.86. The van der Waals surface area contributed by atoms with Gasteiger partial charge in [0.25, 0.3) is 5.56 Å². The standard InChI is InChI=1S/C26H14F8N2OS2/c1-38-18-5-14(4-16(7-18)25(29,30)31)15-6-23(39-12-15)22-9-20(26(32,33)34)19(10-35)24(37)36(22)11-13-2-3-17(27)8-21(13)28/h2-9,12H,11H2,1H3.